The second-order valence-corrected chi connectivity index (χ2v) is 15.7. The van der Waals surface area contributed by atoms with Crippen molar-refractivity contribution in [1.82, 2.24) is 4.98 Å². The van der Waals surface area contributed by atoms with Crippen molar-refractivity contribution in [3.8, 4) is 10.4 Å². The molecule has 3 aliphatic rings. The van der Waals surface area contributed by atoms with Gasteiger partial charge in [0.2, 0.25) is 0 Å². The van der Waals surface area contributed by atoms with Gasteiger partial charge < -0.3 is 25.2 Å². The first-order chi connectivity index (χ1) is 26.7. The number of nitrogens with zero attached hydrogens (tertiary/aromatic N) is 3. The van der Waals surface area contributed by atoms with Crippen LogP contribution in [0.4, 0.5) is 27.3 Å². The van der Waals surface area contributed by atoms with E-state index in [1.807, 2.05) is 60.7 Å². The number of anilines is 4. The maximum Gasteiger partial charge on any atom is 0.265 e. The SMILES string of the molecule is Cc1cccc(F)c1NC(=O)c1cc2c(s1)-c1ccccc1N(C(=O)c1ccc(NC(=O)c3cc4ccccc4nc3N3CC4(CCOCC4)C3)cc1)CC2. The number of thiophene rings is 1. The van der Waals surface area contributed by atoms with E-state index in [1.54, 1.807) is 48.2 Å². The second kappa shape index (κ2) is 14.1. The molecule has 11 heteroatoms. The molecule has 0 bridgehead atoms. The molecule has 0 aliphatic carbocycles. The number of carbonyl (C=O) groups excluding carboxylic acids is 3. The van der Waals surface area contributed by atoms with Crippen molar-refractivity contribution in [2.45, 2.75) is 26.2 Å². The molecule has 2 aromatic heterocycles. The van der Waals surface area contributed by atoms with Crippen LogP contribution < -0.4 is 20.4 Å². The second-order valence-electron chi connectivity index (χ2n) is 14.6. The number of hydrogen-bond donors (Lipinski definition) is 2. The molecule has 0 radical (unpaired) electrons. The van der Waals surface area contributed by atoms with Crippen LogP contribution >= 0.6 is 11.3 Å². The number of carbonyl (C=O) groups is 3. The van der Waals surface area contributed by atoms with Crippen LogP contribution in [0.15, 0.2) is 103 Å². The molecule has 2 N–H and O–H groups in total. The number of halogens is 1. The monoisotopic (exact) mass is 751 g/mol. The Morgan fingerprint density at radius 3 is 2.42 bits per heavy atom. The van der Waals surface area contributed by atoms with Crippen LogP contribution in [-0.4, -0.2) is 55.6 Å². The summed E-state index contributed by atoms with van der Waals surface area (Å²) in [6.07, 6.45) is 2.55. The highest BCUT2D eigenvalue weighted by atomic mass is 32.1. The van der Waals surface area contributed by atoms with Crippen LogP contribution in [0.5, 0.6) is 0 Å². The maximum atomic E-state index is 14.5. The first-order valence-electron chi connectivity index (χ1n) is 18.5. The molecule has 9 nitrogen and oxygen atoms in total. The Kier molecular flexibility index (Phi) is 8.90. The first-order valence-corrected chi connectivity index (χ1v) is 19.3. The van der Waals surface area contributed by atoms with Crippen molar-refractivity contribution in [1.29, 1.82) is 0 Å². The molecule has 276 valence electrons. The fourth-order valence-corrected chi connectivity index (χ4v) is 9.12. The van der Waals surface area contributed by atoms with Gasteiger partial charge in [-0.1, -0.05) is 48.5 Å². The van der Waals surface area contributed by atoms with E-state index in [1.165, 1.54) is 17.4 Å². The number of para-hydroxylation sites is 3. The number of aromatic nitrogens is 1. The van der Waals surface area contributed by atoms with Crippen LogP contribution in [0, 0.1) is 18.2 Å². The van der Waals surface area contributed by atoms with Crippen LogP contribution in [0.1, 0.15) is 54.4 Å². The normalized spacial score (nSPS) is 15.8. The largest absolute Gasteiger partial charge is 0.381 e. The molecule has 55 heavy (non-hydrogen) atoms. The average molecular weight is 752 g/mol. The smallest absolute Gasteiger partial charge is 0.265 e. The van der Waals surface area contributed by atoms with Gasteiger partial charge in [-0.3, -0.25) is 14.4 Å². The molecule has 0 saturated carbocycles. The van der Waals surface area contributed by atoms with Crippen molar-refractivity contribution in [3.63, 3.8) is 0 Å². The molecule has 0 atom stereocenters. The van der Waals surface area contributed by atoms with Gasteiger partial charge in [0.25, 0.3) is 17.7 Å². The number of pyridine rings is 1. The summed E-state index contributed by atoms with van der Waals surface area (Å²) in [5, 5.41) is 6.69. The molecule has 2 saturated heterocycles. The molecular formula is C44H38FN5O4S. The van der Waals surface area contributed by atoms with Gasteiger partial charge in [0.05, 0.1) is 27.3 Å². The minimum Gasteiger partial charge on any atom is -0.381 e. The highest BCUT2D eigenvalue weighted by Gasteiger charge is 2.45. The Morgan fingerprint density at radius 1 is 0.855 bits per heavy atom. The zero-order valence-electron chi connectivity index (χ0n) is 30.2. The summed E-state index contributed by atoms with van der Waals surface area (Å²) in [4.78, 5) is 51.6. The summed E-state index contributed by atoms with van der Waals surface area (Å²) in [6.45, 7) is 5.38. The Hall–Kier alpha value is -5.91. The molecule has 2 fully saturated rings. The summed E-state index contributed by atoms with van der Waals surface area (Å²) in [6, 6.07) is 30.9. The third-order valence-corrected chi connectivity index (χ3v) is 12.2. The van der Waals surface area contributed by atoms with Gasteiger partial charge in [-0.2, -0.15) is 0 Å². The zero-order chi connectivity index (χ0) is 37.7. The van der Waals surface area contributed by atoms with Crippen molar-refractivity contribution < 1.29 is 23.5 Å². The number of fused-ring (bicyclic) bond motifs is 4. The van der Waals surface area contributed by atoms with Crippen molar-refractivity contribution in [3.05, 3.63) is 136 Å². The summed E-state index contributed by atoms with van der Waals surface area (Å²) < 4.78 is 20.1. The average Bonchev–Trinajstić information content (AvgIpc) is 3.56. The number of benzene rings is 4. The fraction of sp³-hybridized carbons (Fsp3) is 0.227. The summed E-state index contributed by atoms with van der Waals surface area (Å²) in [5.41, 5.74) is 5.97. The lowest BCUT2D eigenvalue weighted by Crippen LogP contribution is -2.59. The van der Waals surface area contributed by atoms with Crippen LogP contribution in [0.25, 0.3) is 21.3 Å². The van der Waals surface area contributed by atoms with E-state index < -0.39 is 5.82 Å². The molecule has 4 aromatic carbocycles. The minimum atomic E-state index is -0.483. The number of hydrogen-bond acceptors (Lipinski definition) is 7. The Balaban J connectivity index is 0.927. The number of amides is 3. The van der Waals surface area contributed by atoms with Gasteiger partial charge in [-0.15, -0.1) is 11.3 Å². The highest BCUT2D eigenvalue weighted by Crippen LogP contribution is 2.44. The van der Waals surface area contributed by atoms with Gasteiger partial charge in [0, 0.05) is 65.3 Å². The summed E-state index contributed by atoms with van der Waals surface area (Å²) in [7, 11) is 0. The summed E-state index contributed by atoms with van der Waals surface area (Å²) >= 11 is 1.33. The van der Waals surface area contributed by atoms with E-state index in [0.29, 0.717) is 46.0 Å². The standard InChI is InChI=1S/C44H38FN5O4S/c1-27-7-6-10-34(45)38(27)48-42(52)37-24-30-17-20-50(36-12-5-3-9-32(36)39(30)55-37)43(53)28-13-15-31(16-14-28)46-41(51)33-23-29-8-2-4-11-35(29)47-40(33)49-25-44(26-49)18-21-54-22-19-44/h2-16,23-24H,17-22,25-26H2,1H3,(H,46,51)(H,48,52). The van der Waals surface area contributed by atoms with E-state index in [9.17, 15) is 18.8 Å². The lowest BCUT2D eigenvalue weighted by atomic mass is 9.73. The van der Waals surface area contributed by atoms with E-state index in [4.69, 9.17) is 9.72 Å². The first kappa shape index (κ1) is 34.8. The molecule has 6 aromatic rings. The number of aryl methyl sites for hydroxylation is 1. The predicted octanol–water partition coefficient (Wildman–Crippen LogP) is 8.74. The number of ether oxygens (including phenoxy) is 1. The van der Waals surface area contributed by atoms with E-state index in [2.05, 4.69) is 15.5 Å². The molecule has 5 heterocycles. The van der Waals surface area contributed by atoms with Crippen LogP contribution in [0.2, 0.25) is 0 Å². The van der Waals surface area contributed by atoms with E-state index in [-0.39, 0.29) is 28.8 Å². The lowest BCUT2D eigenvalue weighted by Gasteiger charge is -2.53. The van der Waals surface area contributed by atoms with Crippen LogP contribution in [-0.2, 0) is 11.2 Å². The van der Waals surface area contributed by atoms with Gasteiger partial charge >= 0.3 is 0 Å². The van der Waals surface area contributed by atoms with Gasteiger partial charge in [-0.25, -0.2) is 9.37 Å². The molecule has 9 rings (SSSR count). The molecule has 1 spiro atoms. The zero-order valence-corrected chi connectivity index (χ0v) is 31.0. The third kappa shape index (κ3) is 6.53. The highest BCUT2D eigenvalue weighted by molar-refractivity contribution is 7.17. The lowest BCUT2D eigenvalue weighted by molar-refractivity contribution is -0.000492. The topological polar surface area (TPSA) is 104 Å². The predicted molar refractivity (Wildman–Crippen MR) is 215 cm³/mol. The number of nitrogens with one attached hydrogen (secondary N) is 2. The van der Waals surface area contributed by atoms with Gasteiger partial charge in [-0.05, 0) is 91.9 Å². The van der Waals surface area contributed by atoms with Crippen LogP contribution in [0.3, 0.4) is 0 Å². The molecule has 3 amide bonds. The summed E-state index contributed by atoms with van der Waals surface area (Å²) in [5.74, 6) is -0.606. The van der Waals surface area contributed by atoms with Crippen molar-refractivity contribution >= 4 is 62.8 Å². The molecule has 3 aliphatic heterocycles. The Morgan fingerprint density at radius 2 is 1.62 bits per heavy atom. The van der Waals surface area contributed by atoms with Gasteiger partial charge in [0.15, 0.2) is 0 Å². The van der Waals surface area contributed by atoms with Crippen molar-refractivity contribution in [2.75, 3.05) is 53.3 Å². The molecular weight excluding hydrogens is 714 g/mol. The fourth-order valence-electron chi connectivity index (χ4n) is 7.98. The quantitative estimate of drug-likeness (QED) is 0.177. The third-order valence-electron chi connectivity index (χ3n) is 11.0. The molecule has 0 unspecified atom stereocenters. The van der Waals surface area contributed by atoms with E-state index in [0.717, 1.165) is 71.7 Å². The Bertz CT molecular complexity index is 2460. The van der Waals surface area contributed by atoms with Crippen molar-refractivity contribution in [2.24, 2.45) is 5.41 Å². The minimum absolute atomic E-state index is 0.171. The van der Waals surface area contributed by atoms with E-state index >= 15 is 0 Å². The maximum absolute atomic E-state index is 14.5. The number of rotatable bonds is 6. The Labute approximate surface area is 321 Å². The van der Waals surface area contributed by atoms with Gasteiger partial charge in [0.1, 0.15) is 11.6 Å².